The SMILES string of the molecule is CC(=O)N1CCNCC1c1cccnc1.Cl. The molecular formula is C11H16ClN3O. The molecular weight excluding hydrogens is 226 g/mol. The predicted octanol–water partition coefficient (Wildman–Crippen LogP) is 0.996. The monoisotopic (exact) mass is 241 g/mol. The van der Waals surface area contributed by atoms with E-state index in [1.807, 2.05) is 23.2 Å². The summed E-state index contributed by atoms with van der Waals surface area (Å²) in [7, 11) is 0. The van der Waals surface area contributed by atoms with Gasteiger partial charge in [-0.25, -0.2) is 0 Å². The molecule has 1 aliphatic heterocycles. The minimum absolute atomic E-state index is 0. The van der Waals surface area contributed by atoms with Crippen molar-refractivity contribution in [2.75, 3.05) is 19.6 Å². The molecule has 0 spiro atoms. The fourth-order valence-electron chi connectivity index (χ4n) is 1.95. The summed E-state index contributed by atoms with van der Waals surface area (Å²) in [6.07, 6.45) is 3.57. The lowest BCUT2D eigenvalue weighted by Gasteiger charge is -2.35. The minimum atomic E-state index is 0. The Hall–Kier alpha value is -1.13. The van der Waals surface area contributed by atoms with Crippen molar-refractivity contribution in [3.05, 3.63) is 30.1 Å². The smallest absolute Gasteiger partial charge is 0.220 e. The van der Waals surface area contributed by atoms with E-state index in [1.165, 1.54) is 0 Å². The molecule has 0 aliphatic carbocycles. The van der Waals surface area contributed by atoms with Gasteiger partial charge in [-0.2, -0.15) is 0 Å². The first-order valence-electron chi connectivity index (χ1n) is 5.17. The second kappa shape index (κ2) is 5.82. The van der Waals surface area contributed by atoms with E-state index in [4.69, 9.17) is 0 Å². The van der Waals surface area contributed by atoms with Gasteiger partial charge >= 0.3 is 0 Å². The lowest BCUT2D eigenvalue weighted by Crippen LogP contribution is -2.47. The van der Waals surface area contributed by atoms with Crippen LogP contribution in [0.3, 0.4) is 0 Å². The lowest BCUT2D eigenvalue weighted by atomic mass is 10.1. The van der Waals surface area contributed by atoms with Crippen molar-refractivity contribution < 1.29 is 4.79 Å². The number of amides is 1. The van der Waals surface area contributed by atoms with E-state index < -0.39 is 0 Å². The highest BCUT2D eigenvalue weighted by Gasteiger charge is 2.25. The molecule has 1 unspecified atom stereocenters. The molecule has 16 heavy (non-hydrogen) atoms. The summed E-state index contributed by atoms with van der Waals surface area (Å²) in [6, 6.07) is 4.05. The van der Waals surface area contributed by atoms with Crippen LogP contribution in [0.2, 0.25) is 0 Å². The molecule has 1 N–H and O–H groups in total. The number of nitrogens with one attached hydrogen (secondary N) is 1. The van der Waals surface area contributed by atoms with Gasteiger partial charge in [-0.15, -0.1) is 12.4 Å². The Morgan fingerprint density at radius 3 is 3.06 bits per heavy atom. The van der Waals surface area contributed by atoms with E-state index in [2.05, 4.69) is 10.3 Å². The zero-order valence-corrected chi connectivity index (χ0v) is 10.0. The zero-order valence-electron chi connectivity index (χ0n) is 9.22. The third kappa shape index (κ3) is 2.71. The van der Waals surface area contributed by atoms with Crippen molar-refractivity contribution in [1.29, 1.82) is 0 Å². The number of rotatable bonds is 1. The van der Waals surface area contributed by atoms with Crippen LogP contribution in [0.5, 0.6) is 0 Å². The molecule has 1 aromatic heterocycles. The highest BCUT2D eigenvalue weighted by Crippen LogP contribution is 2.20. The van der Waals surface area contributed by atoms with Gasteiger partial charge in [-0.1, -0.05) is 6.07 Å². The van der Waals surface area contributed by atoms with Crippen LogP contribution >= 0.6 is 12.4 Å². The van der Waals surface area contributed by atoms with Crippen LogP contribution in [0, 0.1) is 0 Å². The first-order chi connectivity index (χ1) is 7.29. The molecule has 1 saturated heterocycles. The third-order valence-electron chi connectivity index (χ3n) is 2.72. The summed E-state index contributed by atoms with van der Waals surface area (Å²) in [5.74, 6) is 0.130. The van der Waals surface area contributed by atoms with Crippen molar-refractivity contribution >= 4 is 18.3 Å². The van der Waals surface area contributed by atoms with Crippen molar-refractivity contribution in [1.82, 2.24) is 15.2 Å². The van der Waals surface area contributed by atoms with Crippen molar-refractivity contribution in [2.24, 2.45) is 0 Å². The molecule has 1 aliphatic rings. The summed E-state index contributed by atoms with van der Waals surface area (Å²) < 4.78 is 0. The number of aromatic nitrogens is 1. The summed E-state index contributed by atoms with van der Waals surface area (Å²) in [5, 5.41) is 3.30. The largest absolute Gasteiger partial charge is 0.333 e. The second-order valence-corrected chi connectivity index (χ2v) is 3.72. The fourth-order valence-corrected chi connectivity index (χ4v) is 1.95. The van der Waals surface area contributed by atoms with Crippen LogP contribution in [0.4, 0.5) is 0 Å². The van der Waals surface area contributed by atoms with E-state index in [-0.39, 0.29) is 24.4 Å². The molecule has 2 rings (SSSR count). The molecule has 4 nitrogen and oxygen atoms in total. The number of piperazine rings is 1. The maximum absolute atomic E-state index is 11.5. The minimum Gasteiger partial charge on any atom is -0.333 e. The van der Waals surface area contributed by atoms with Gasteiger partial charge < -0.3 is 10.2 Å². The average molecular weight is 242 g/mol. The summed E-state index contributed by atoms with van der Waals surface area (Å²) in [6.45, 7) is 4.07. The Morgan fingerprint density at radius 2 is 2.44 bits per heavy atom. The van der Waals surface area contributed by atoms with Gasteiger partial charge in [0.05, 0.1) is 6.04 Å². The predicted molar refractivity (Wildman–Crippen MR) is 64.5 cm³/mol. The van der Waals surface area contributed by atoms with Crippen molar-refractivity contribution in [3.63, 3.8) is 0 Å². The van der Waals surface area contributed by atoms with E-state index in [0.29, 0.717) is 0 Å². The van der Waals surface area contributed by atoms with E-state index in [9.17, 15) is 4.79 Å². The summed E-state index contributed by atoms with van der Waals surface area (Å²) in [4.78, 5) is 17.4. The number of hydrogen-bond donors (Lipinski definition) is 1. The zero-order chi connectivity index (χ0) is 10.7. The second-order valence-electron chi connectivity index (χ2n) is 3.72. The van der Waals surface area contributed by atoms with Crippen LogP contribution in [0.1, 0.15) is 18.5 Å². The molecule has 0 radical (unpaired) electrons. The first-order valence-corrected chi connectivity index (χ1v) is 5.17. The first kappa shape index (κ1) is 12.9. The number of nitrogens with zero attached hydrogens (tertiary/aromatic N) is 2. The summed E-state index contributed by atoms with van der Waals surface area (Å²) >= 11 is 0. The topological polar surface area (TPSA) is 45.2 Å². The van der Waals surface area contributed by atoms with Crippen LogP contribution in [0.15, 0.2) is 24.5 Å². The van der Waals surface area contributed by atoms with Crippen LogP contribution in [-0.2, 0) is 4.79 Å². The molecule has 0 aromatic carbocycles. The highest BCUT2D eigenvalue weighted by atomic mass is 35.5. The van der Waals surface area contributed by atoms with Gasteiger partial charge in [-0.05, 0) is 11.6 Å². The molecule has 0 saturated carbocycles. The quantitative estimate of drug-likeness (QED) is 0.798. The maximum Gasteiger partial charge on any atom is 0.220 e. The number of carbonyl (C=O) groups is 1. The van der Waals surface area contributed by atoms with Crippen LogP contribution < -0.4 is 5.32 Å². The van der Waals surface area contributed by atoms with Crippen LogP contribution in [-0.4, -0.2) is 35.4 Å². The molecule has 2 heterocycles. The third-order valence-corrected chi connectivity index (χ3v) is 2.72. The van der Waals surface area contributed by atoms with Crippen LogP contribution in [0.25, 0.3) is 0 Å². The highest BCUT2D eigenvalue weighted by molar-refractivity contribution is 5.85. The molecule has 1 atom stereocenters. The number of halogens is 1. The van der Waals surface area contributed by atoms with Gasteiger partial charge in [-0.3, -0.25) is 9.78 Å². The van der Waals surface area contributed by atoms with Gasteiger partial charge in [0.25, 0.3) is 0 Å². The van der Waals surface area contributed by atoms with E-state index in [1.54, 1.807) is 13.1 Å². The maximum atomic E-state index is 11.5. The molecule has 88 valence electrons. The van der Waals surface area contributed by atoms with E-state index in [0.717, 1.165) is 25.2 Å². The Bertz CT molecular complexity index is 344. The average Bonchev–Trinajstić information content (AvgIpc) is 2.30. The summed E-state index contributed by atoms with van der Waals surface area (Å²) in [5.41, 5.74) is 1.10. The Balaban J connectivity index is 0.00000128. The Kier molecular flexibility index (Phi) is 4.71. The standard InChI is InChI=1S/C11H15N3O.ClH/c1-9(15)14-6-5-13-8-11(14)10-3-2-4-12-7-10;/h2-4,7,11,13H,5-6,8H2,1H3;1H. The van der Waals surface area contributed by atoms with Crippen molar-refractivity contribution in [2.45, 2.75) is 13.0 Å². The van der Waals surface area contributed by atoms with Gasteiger partial charge in [0.1, 0.15) is 0 Å². The molecule has 1 amide bonds. The van der Waals surface area contributed by atoms with Gasteiger partial charge in [0.15, 0.2) is 0 Å². The molecule has 1 aromatic rings. The van der Waals surface area contributed by atoms with E-state index >= 15 is 0 Å². The molecule has 0 bridgehead atoms. The lowest BCUT2D eigenvalue weighted by molar-refractivity contribution is -0.132. The Labute approximate surface area is 101 Å². The number of carbonyl (C=O) groups excluding carboxylic acids is 1. The fraction of sp³-hybridized carbons (Fsp3) is 0.455. The van der Waals surface area contributed by atoms with Gasteiger partial charge in [0.2, 0.25) is 5.91 Å². The molecule has 1 fully saturated rings. The van der Waals surface area contributed by atoms with Crippen molar-refractivity contribution in [3.8, 4) is 0 Å². The number of pyridine rings is 1. The number of hydrogen-bond acceptors (Lipinski definition) is 3. The van der Waals surface area contributed by atoms with Gasteiger partial charge in [0, 0.05) is 39.0 Å². The molecule has 5 heteroatoms. The Morgan fingerprint density at radius 1 is 1.62 bits per heavy atom. The normalized spacial score (nSPS) is 20.1.